The zero-order chi connectivity index (χ0) is 8.69. The Hall–Kier alpha value is -0.520. The van der Waals surface area contributed by atoms with Crippen molar-refractivity contribution < 1.29 is 4.74 Å². The number of terminal acetylenes is 1. The highest BCUT2D eigenvalue weighted by molar-refractivity contribution is 4.98. The predicted octanol–water partition coefficient (Wildman–Crippen LogP) is 0.880. The lowest BCUT2D eigenvalue weighted by atomic mass is 10.0. The van der Waals surface area contributed by atoms with Crippen LogP contribution in [0.5, 0.6) is 0 Å². The summed E-state index contributed by atoms with van der Waals surface area (Å²) in [5.74, 6) is 3.20. The van der Waals surface area contributed by atoms with E-state index in [-0.39, 0.29) is 6.04 Å². The maximum atomic E-state index is 5.27. The lowest BCUT2D eigenvalue weighted by Crippen LogP contribution is -2.26. The molecule has 0 fully saturated rings. The third-order valence-corrected chi connectivity index (χ3v) is 1.64. The van der Waals surface area contributed by atoms with Gasteiger partial charge < -0.3 is 10.1 Å². The first-order chi connectivity index (χ1) is 5.24. The normalized spacial score (nSPS) is 15.5. The third kappa shape index (κ3) is 4.83. The summed E-state index contributed by atoms with van der Waals surface area (Å²) in [5, 5.41) is 3.05. The molecule has 0 amide bonds. The molecule has 0 aliphatic rings. The van der Waals surface area contributed by atoms with Crippen LogP contribution in [0, 0.1) is 18.3 Å². The number of ether oxygens (including phenoxy) is 1. The van der Waals surface area contributed by atoms with E-state index in [2.05, 4.69) is 18.2 Å². The van der Waals surface area contributed by atoms with Crippen molar-refractivity contribution in [3.63, 3.8) is 0 Å². The summed E-state index contributed by atoms with van der Waals surface area (Å²) in [4.78, 5) is 0. The second-order valence-electron chi connectivity index (χ2n) is 2.80. The molecule has 0 rings (SSSR count). The third-order valence-electron chi connectivity index (χ3n) is 1.64. The molecule has 2 heteroatoms. The maximum Gasteiger partial charge on any atom is 0.0687 e. The van der Waals surface area contributed by atoms with Gasteiger partial charge in [-0.05, 0) is 19.4 Å². The number of hydrogen-bond acceptors (Lipinski definition) is 2. The number of nitrogens with one attached hydrogen (secondary N) is 1. The van der Waals surface area contributed by atoms with Gasteiger partial charge in [0.15, 0.2) is 0 Å². The van der Waals surface area contributed by atoms with Crippen molar-refractivity contribution in [3.05, 3.63) is 0 Å². The summed E-state index contributed by atoms with van der Waals surface area (Å²) in [6, 6.07) is 0.181. The van der Waals surface area contributed by atoms with Crippen molar-refractivity contribution in [1.29, 1.82) is 0 Å². The van der Waals surface area contributed by atoms with E-state index >= 15 is 0 Å². The lowest BCUT2D eigenvalue weighted by molar-refractivity contribution is 0.153. The molecule has 1 N–H and O–H groups in total. The van der Waals surface area contributed by atoms with Gasteiger partial charge >= 0.3 is 0 Å². The molecule has 0 saturated heterocycles. The van der Waals surface area contributed by atoms with Crippen LogP contribution in [0.4, 0.5) is 0 Å². The SMILES string of the molecule is C#CC(CC(C)COC)NC. The van der Waals surface area contributed by atoms with Gasteiger partial charge in [-0.2, -0.15) is 0 Å². The molecule has 0 heterocycles. The zero-order valence-electron chi connectivity index (χ0n) is 7.55. The Morgan fingerprint density at radius 3 is 2.64 bits per heavy atom. The molecule has 2 atom stereocenters. The minimum atomic E-state index is 0.181. The van der Waals surface area contributed by atoms with Crippen LogP contribution >= 0.6 is 0 Å². The van der Waals surface area contributed by atoms with E-state index in [0.717, 1.165) is 13.0 Å². The van der Waals surface area contributed by atoms with Crippen molar-refractivity contribution in [2.45, 2.75) is 19.4 Å². The van der Waals surface area contributed by atoms with Crippen LogP contribution in [0.15, 0.2) is 0 Å². The lowest BCUT2D eigenvalue weighted by Gasteiger charge is -2.14. The van der Waals surface area contributed by atoms with Crippen LogP contribution in [-0.2, 0) is 4.74 Å². The first-order valence-electron chi connectivity index (χ1n) is 3.87. The fourth-order valence-corrected chi connectivity index (χ4v) is 1.02. The van der Waals surface area contributed by atoms with E-state index < -0.39 is 0 Å². The van der Waals surface area contributed by atoms with Crippen molar-refractivity contribution in [2.24, 2.45) is 5.92 Å². The average Bonchev–Trinajstić information content (AvgIpc) is 2.01. The van der Waals surface area contributed by atoms with Crippen molar-refractivity contribution in [3.8, 4) is 12.3 Å². The summed E-state index contributed by atoms with van der Waals surface area (Å²) in [6.45, 7) is 2.91. The maximum absolute atomic E-state index is 5.27. The van der Waals surface area contributed by atoms with Gasteiger partial charge in [-0.15, -0.1) is 6.42 Å². The monoisotopic (exact) mass is 155 g/mol. The molecular formula is C9H17NO. The van der Waals surface area contributed by atoms with E-state index in [0.29, 0.717) is 5.92 Å². The molecule has 0 aromatic carbocycles. The van der Waals surface area contributed by atoms with E-state index in [1.165, 1.54) is 0 Å². The molecule has 0 aliphatic heterocycles. The Bertz CT molecular complexity index is 128. The number of hydrogen-bond donors (Lipinski definition) is 1. The number of rotatable bonds is 5. The van der Waals surface area contributed by atoms with Crippen LogP contribution in [0.1, 0.15) is 13.3 Å². The second kappa shape index (κ2) is 6.21. The molecule has 2 nitrogen and oxygen atoms in total. The van der Waals surface area contributed by atoms with Crippen LogP contribution in [0.3, 0.4) is 0 Å². The van der Waals surface area contributed by atoms with Crippen molar-refractivity contribution in [2.75, 3.05) is 20.8 Å². The van der Waals surface area contributed by atoms with E-state index in [1.807, 2.05) is 7.05 Å². The molecule has 0 aromatic rings. The van der Waals surface area contributed by atoms with Gasteiger partial charge in [-0.1, -0.05) is 12.8 Å². The fourth-order valence-electron chi connectivity index (χ4n) is 1.02. The molecule has 64 valence electrons. The Labute approximate surface area is 69.3 Å². The van der Waals surface area contributed by atoms with Crippen molar-refractivity contribution >= 4 is 0 Å². The van der Waals surface area contributed by atoms with Crippen molar-refractivity contribution in [1.82, 2.24) is 5.32 Å². The van der Waals surface area contributed by atoms with Gasteiger partial charge in [-0.3, -0.25) is 0 Å². The molecule has 0 saturated carbocycles. The summed E-state index contributed by atoms with van der Waals surface area (Å²) in [7, 11) is 3.59. The van der Waals surface area contributed by atoms with Gasteiger partial charge in [0.1, 0.15) is 0 Å². The number of methoxy groups -OCH3 is 1. The minimum Gasteiger partial charge on any atom is -0.384 e. The largest absolute Gasteiger partial charge is 0.384 e. The molecule has 0 aromatic heterocycles. The summed E-state index contributed by atoms with van der Waals surface area (Å²) in [6.07, 6.45) is 6.25. The van der Waals surface area contributed by atoms with E-state index in [4.69, 9.17) is 11.2 Å². The quantitative estimate of drug-likeness (QED) is 0.595. The Morgan fingerprint density at radius 2 is 2.27 bits per heavy atom. The van der Waals surface area contributed by atoms with Gasteiger partial charge in [0.2, 0.25) is 0 Å². The van der Waals surface area contributed by atoms with Crippen LogP contribution in [0.25, 0.3) is 0 Å². The first kappa shape index (κ1) is 10.5. The van der Waals surface area contributed by atoms with Crippen LogP contribution < -0.4 is 5.32 Å². The van der Waals surface area contributed by atoms with Gasteiger partial charge in [0.05, 0.1) is 6.04 Å². The molecule has 0 aliphatic carbocycles. The fraction of sp³-hybridized carbons (Fsp3) is 0.778. The first-order valence-corrected chi connectivity index (χ1v) is 3.87. The smallest absolute Gasteiger partial charge is 0.0687 e. The highest BCUT2D eigenvalue weighted by Crippen LogP contribution is 2.04. The van der Waals surface area contributed by atoms with Gasteiger partial charge in [-0.25, -0.2) is 0 Å². The van der Waals surface area contributed by atoms with Gasteiger partial charge in [0.25, 0.3) is 0 Å². The molecule has 11 heavy (non-hydrogen) atoms. The Balaban J connectivity index is 3.55. The highest BCUT2D eigenvalue weighted by Gasteiger charge is 2.07. The summed E-state index contributed by atoms with van der Waals surface area (Å²) in [5.41, 5.74) is 0. The zero-order valence-corrected chi connectivity index (χ0v) is 7.55. The molecule has 0 spiro atoms. The summed E-state index contributed by atoms with van der Waals surface area (Å²) < 4.78 is 5.00. The Kier molecular flexibility index (Phi) is 5.91. The molecule has 0 bridgehead atoms. The standard InChI is InChI=1S/C9H17NO/c1-5-9(10-3)6-8(2)7-11-4/h1,8-10H,6-7H2,2-4H3. The predicted molar refractivity (Wildman–Crippen MR) is 47.3 cm³/mol. The van der Waals surface area contributed by atoms with Gasteiger partial charge in [0, 0.05) is 13.7 Å². The highest BCUT2D eigenvalue weighted by atomic mass is 16.5. The molecular weight excluding hydrogens is 138 g/mol. The topological polar surface area (TPSA) is 21.3 Å². The molecule has 0 radical (unpaired) electrons. The average molecular weight is 155 g/mol. The van der Waals surface area contributed by atoms with Crippen LogP contribution in [-0.4, -0.2) is 26.8 Å². The second-order valence-corrected chi connectivity index (χ2v) is 2.80. The van der Waals surface area contributed by atoms with E-state index in [9.17, 15) is 0 Å². The molecule has 2 unspecified atom stereocenters. The Morgan fingerprint density at radius 1 is 1.64 bits per heavy atom. The summed E-state index contributed by atoms with van der Waals surface area (Å²) >= 11 is 0. The van der Waals surface area contributed by atoms with E-state index in [1.54, 1.807) is 7.11 Å². The minimum absolute atomic E-state index is 0.181. The van der Waals surface area contributed by atoms with Crippen LogP contribution in [0.2, 0.25) is 0 Å².